The van der Waals surface area contributed by atoms with Crippen LogP contribution in [0.1, 0.15) is 35.6 Å². The lowest BCUT2D eigenvalue weighted by molar-refractivity contribution is -0.139. The van der Waals surface area contributed by atoms with Gasteiger partial charge in [-0.15, -0.1) is 0 Å². The normalized spacial score (nSPS) is 21.5. The molecule has 2 aliphatic rings. The van der Waals surface area contributed by atoms with Gasteiger partial charge in [-0.2, -0.15) is 13.2 Å². The second-order valence-corrected chi connectivity index (χ2v) is 9.00. The first-order valence-electron chi connectivity index (χ1n) is 10.5. The molecular formula is C25H20Cl2F4N2O. The van der Waals surface area contributed by atoms with Crippen LogP contribution in [0.4, 0.5) is 23.2 Å². The predicted octanol–water partition coefficient (Wildman–Crippen LogP) is 7.15. The summed E-state index contributed by atoms with van der Waals surface area (Å²) in [6, 6.07) is 15.6. The Morgan fingerprint density at radius 3 is 2.32 bits per heavy atom. The molecule has 3 nitrogen and oxygen atoms in total. The molecule has 9 heteroatoms. The average molecular weight is 511 g/mol. The lowest BCUT2D eigenvalue weighted by Crippen LogP contribution is -2.51. The van der Waals surface area contributed by atoms with E-state index in [1.807, 2.05) is 30.3 Å². The molecule has 1 amide bonds. The van der Waals surface area contributed by atoms with Crippen molar-refractivity contribution in [2.45, 2.75) is 30.5 Å². The van der Waals surface area contributed by atoms with Gasteiger partial charge in [-0.25, -0.2) is 4.39 Å². The number of piperidine rings is 1. The summed E-state index contributed by atoms with van der Waals surface area (Å²) in [5.41, 5.74) is -1.41. The number of hydrogen-bond acceptors (Lipinski definition) is 2. The number of benzene rings is 3. The van der Waals surface area contributed by atoms with Crippen molar-refractivity contribution in [1.82, 2.24) is 5.32 Å². The topological polar surface area (TPSA) is 41.1 Å². The van der Waals surface area contributed by atoms with Crippen LogP contribution in [-0.2, 0) is 16.4 Å². The minimum Gasteiger partial charge on any atom is -0.325 e. The van der Waals surface area contributed by atoms with Gasteiger partial charge >= 0.3 is 6.18 Å². The van der Waals surface area contributed by atoms with E-state index in [2.05, 4.69) is 10.6 Å². The first-order chi connectivity index (χ1) is 16.1. The Kier molecular flexibility index (Phi) is 6.90. The van der Waals surface area contributed by atoms with Gasteiger partial charge in [0.25, 0.3) is 0 Å². The van der Waals surface area contributed by atoms with Crippen molar-refractivity contribution in [3.8, 4) is 0 Å². The third-order valence-electron chi connectivity index (χ3n) is 6.07. The van der Waals surface area contributed by atoms with Gasteiger partial charge in [-0.1, -0.05) is 47.5 Å². The second kappa shape index (κ2) is 9.56. The Labute approximate surface area is 204 Å². The van der Waals surface area contributed by atoms with E-state index in [9.17, 15) is 22.4 Å². The van der Waals surface area contributed by atoms with Crippen molar-refractivity contribution in [2.24, 2.45) is 0 Å². The smallest absolute Gasteiger partial charge is 0.325 e. The van der Waals surface area contributed by atoms with Crippen molar-refractivity contribution in [1.29, 1.82) is 0 Å². The molecule has 0 unspecified atom stereocenters. The maximum Gasteiger partial charge on any atom is 0.416 e. The maximum absolute atomic E-state index is 13.9. The van der Waals surface area contributed by atoms with E-state index in [4.69, 9.17) is 23.2 Å². The molecule has 2 atom stereocenters. The molecule has 3 aromatic carbocycles. The quantitative estimate of drug-likeness (QED) is 0.341. The first-order valence-corrected chi connectivity index (χ1v) is 11.3. The van der Waals surface area contributed by atoms with Crippen LogP contribution in [-0.4, -0.2) is 12.5 Å². The number of hydrogen-bond donors (Lipinski definition) is 2. The number of carbonyl (C=O) groups is 1. The van der Waals surface area contributed by atoms with Gasteiger partial charge in [0.15, 0.2) is 0 Å². The van der Waals surface area contributed by atoms with Gasteiger partial charge in [-0.05, 0) is 73.0 Å². The van der Waals surface area contributed by atoms with Crippen molar-refractivity contribution in [2.75, 3.05) is 11.9 Å². The van der Waals surface area contributed by atoms with Gasteiger partial charge < -0.3 is 10.6 Å². The largest absolute Gasteiger partial charge is 0.416 e. The molecule has 34 heavy (non-hydrogen) atoms. The number of nitrogens with one attached hydrogen (secondary N) is 2. The molecule has 2 heterocycles. The van der Waals surface area contributed by atoms with E-state index in [0.717, 1.165) is 23.2 Å². The van der Waals surface area contributed by atoms with Gasteiger partial charge in [0, 0.05) is 15.7 Å². The lowest BCUT2D eigenvalue weighted by Gasteiger charge is -2.41. The van der Waals surface area contributed by atoms with E-state index in [-0.39, 0.29) is 5.56 Å². The molecule has 0 bridgehead atoms. The first kappa shape index (κ1) is 24.5. The van der Waals surface area contributed by atoms with Crippen LogP contribution in [0.2, 0.25) is 10.0 Å². The van der Waals surface area contributed by atoms with Crippen LogP contribution in [0.3, 0.4) is 0 Å². The van der Waals surface area contributed by atoms with Gasteiger partial charge in [-0.3, -0.25) is 4.79 Å². The fraction of sp³-hybridized carbons (Fsp3) is 0.240. The summed E-state index contributed by atoms with van der Waals surface area (Å²) in [6.45, 7) is 0.427. The fourth-order valence-electron chi connectivity index (χ4n) is 4.65. The van der Waals surface area contributed by atoms with E-state index >= 15 is 0 Å². The summed E-state index contributed by atoms with van der Waals surface area (Å²) >= 11 is 11.5. The number of fused-ring (bicyclic) bond motifs is 2. The monoisotopic (exact) mass is 510 g/mol. The predicted molar refractivity (Wildman–Crippen MR) is 125 cm³/mol. The molecule has 2 aliphatic heterocycles. The summed E-state index contributed by atoms with van der Waals surface area (Å²) in [7, 11) is 0. The third kappa shape index (κ3) is 4.65. The molecule has 178 valence electrons. The van der Waals surface area contributed by atoms with Crippen LogP contribution < -0.4 is 10.6 Å². The standard InChI is InChI=1S/C19H15ClF4N2O.C6H5Cl/c20-10-2-4-14-15(8-10)26-17(27)18(14)6-1-7-25-16(18)12-9-11(21)3-5-13(12)19(22,23)24;7-6-4-2-1-3-5-6/h2-5,8-9,16,25H,1,6-7H2,(H,26,27);1-5H/t16-,18-;/m1./s1. The highest BCUT2D eigenvalue weighted by molar-refractivity contribution is 6.31. The Morgan fingerprint density at radius 1 is 0.941 bits per heavy atom. The van der Waals surface area contributed by atoms with Crippen LogP contribution in [0.25, 0.3) is 0 Å². The molecule has 2 N–H and O–H groups in total. The molecule has 1 fully saturated rings. The van der Waals surface area contributed by atoms with Gasteiger partial charge in [0.05, 0.1) is 17.0 Å². The van der Waals surface area contributed by atoms with Crippen molar-refractivity contribution < 1.29 is 22.4 Å². The molecular weight excluding hydrogens is 491 g/mol. The van der Waals surface area contributed by atoms with Gasteiger partial charge in [0.2, 0.25) is 5.91 Å². The van der Waals surface area contributed by atoms with E-state index in [0.29, 0.717) is 35.7 Å². The fourth-order valence-corrected chi connectivity index (χ4v) is 4.97. The zero-order valence-corrected chi connectivity index (χ0v) is 19.2. The van der Waals surface area contributed by atoms with Crippen molar-refractivity contribution in [3.63, 3.8) is 0 Å². The molecule has 0 aliphatic carbocycles. The molecule has 1 spiro atoms. The Balaban J connectivity index is 0.000000336. The SMILES string of the molecule is Clc1ccccc1.O=C1Nc2cc(Cl)ccc2[C@@]12CCCN[C@@H]2c1cc(F)ccc1C(F)(F)F. The summed E-state index contributed by atoms with van der Waals surface area (Å²) in [6.07, 6.45) is -3.72. The maximum atomic E-state index is 13.9. The molecule has 0 radical (unpaired) electrons. The van der Waals surface area contributed by atoms with E-state index in [1.165, 1.54) is 0 Å². The van der Waals surface area contributed by atoms with Crippen molar-refractivity contribution in [3.05, 3.63) is 99.3 Å². The Morgan fingerprint density at radius 2 is 1.68 bits per heavy atom. The molecule has 0 aromatic heterocycles. The van der Waals surface area contributed by atoms with E-state index < -0.39 is 34.9 Å². The highest BCUT2D eigenvalue weighted by Gasteiger charge is 2.55. The summed E-state index contributed by atoms with van der Waals surface area (Å²) < 4.78 is 54.7. The minimum absolute atomic E-state index is 0.264. The minimum atomic E-state index is -4.67. The number of carbonyl (C=O) groups excluding carboxylic acids is 1. The number of amides is 1. The molecule has 5 rings (SSSR count). The van der Waals surface area contributed by atoms with Crippen LogP contribution in [0.5, 0.6) is 0 Å². The van der Waals surface area contributed by atoms with Crippen LogP contribution in [0, 0.1) is 5.82 Å². The number of rotatable bonds is 1. The molecule has 0 saturated carbocycles. The van der Waals surface area contributed by atoms with Crippen molar-refractivity contribution >= 4 is 34.8 Å². The zero-order valence-electron chi connectivity index (χ0n) is 17.7. The molecule has 3 aromatic rings. The second-order valence-electron chi connectivity index (χ2n) is 8.13. The van der Waals surface area contributed by atoms with Gasteiger partial charge in [0.1, 0.15) is 5.82 Å². The highest BCUT2D eigenvalue weighted by atomic mass is 35.5. The summed E-state index contributed by atoms with van der Waals surface area (Å²) in [5.74, 6) is -1.19. The summed E-state index contributed by atoms with van der Waals surface area (Å²) in [4.78, 5) is 13.0. The van der Waals surface area contributed by atoms with Crippen LogP contribution >= 0.6 is 23.2 Å². The third-order valence-corrected chi connectivity index (χ3v) is 6.55. The number of alkyl halides is 3. The highest BCUT2D eigenvalue weighted by Crippen LogP contribution is 2.52. The zero-order chi connectivity index (χ0) is 24.5. The Hall–Kier alpha value is -2.61. The Bertz CT molecular complexity index is 1200. The molecule has 1 saturated heterocycles. The number of anilines is 1. The summed E-state index contributed by atoms with van der Waals surface area (Å²) in [5, 5.41) is 6.97. The number of halogens is 6. The van der Waals surface area contributed by atoms with E-state index in [1.54, 1.807) is 18.2 Å². The average Bonchev–Trinajstić information content (AvgIpc) is 3.05. The lowest BCUT2D eigenvalue weighted by atomic mass is 9.67. The van der Waals surface area contributed by atoms with Crippen LogP contribution in [0.15, 0.2) is 66.7 Å².